The average molecular weight is 1290 g/mol. The summed E-state index contributed by atoms with van der Waals surface area (Å²) in [7, 11) is 0. The molecule has 0 radical (unpaired) electrons. The van der Waals surface area contributed by atoms with Gasteiger partial charge in [-0.15, -0.1) is 0 Å². The fourth-order valence-corrected chi connectivity index (χ4v) is 14.2. The van der Waals surface area contributed by atoms with E-state index in [0.29, 0.717) is 25.9 Å². The highest BCUT2D eigenvalue weighted by Crippen LogP contribution is 2.21. The maximum atomic E-state index is 12.6. The number of ether oxygens (including phenoxy) is 1. The maximum Gasteiger partial charge on any atom is 0.305 e. The minimum absolute atomic E-state index is 0.0222. The second kappa shape index (κ2) is 81.3. The SMILES string of the molecule is CCCCCCCCCCCCCCCCCCCCCCCCC(O)C(CO)NC(=O)CCCCCCCCCCCCCCCCCCCCCCCCCCCCCCCCCCCCCCCCCOC(=O)CCCCCCCCCCCCCCC. The predicted molar refractivity (Wildman–Crippen MR) is 403 cm³/mol. The van der Waals surface area contributed by atoms with Gasteiger partial charge in [0.05, 0.1) is 25.4 Å². The van der Waals surface area contributed by atoms with Gasteiger partial charge in [-0.05, 0) is 25.7 Å². The second-order valence-electron chi connectivity index (χ2n) is 29.9. The van der Waals surface area contributed by atoms with Crippen molar-refractivity contribution in [3.05, 3.63) is 0 Å². The third-order valence-corrected chi connectivity index (χ3v) is 20.7. The Morgan fingerprint density at radius 1 is 0.264 bits per heavy atom. The fraction of sp³-hybridized carbons (Fsp3) is 0.976. The lowest BCUT2D eigenvalue weighted by atomic mass is 10.0. The van der Waals surface area contributed by atoms with Gasteiger partial charge < -0.3 is 20.3 Å². The predicted octanol–water partition coefficient (Wildman–Crippen LogP) is 28.4. The summed E-state index contributed by atoms with van der Waals surface area (Å²) in [6.45, 7) is 5.02. The van der Waals surface area contributed by atoms with Crippen LogP contribution < -0.4 is 5.32 Å². The van der Waals surface area contributed by atoms with Gasteiger partial charge in [0.1, 0.15) is 0 Å². The first-order valence-corrected chi connectivity index (χ1v) is 42.8. The molecule has 0 fully saturated rings. The first-order valence-electron chi connectivity index (χ1n) is 42.8. The number of esters is 1. The third-order valence-electron chi connectivity index (χ3n) is 20.7. The van der Waals surface area contributed by atoms with Crippen LogP contribution in [-0.4, -0.2) is 47.4 Å². The van der Waals surface area contributed by atoms with Crippen molar-refractivity contribution in [3.8, 4) is 0 Å². The number of carbonyl (C=O) groups excluding carboxylic acids is 2. The molecule has 0 spiro atoms. The van der Waals surface area contributed by atoms with Gasteiger partial charge in [0.2, 0.25) is 5.91 Å². The normalized spacial score (nSPS) is 12.4. The van der Waals surface area contributed by atoms with Gasteiger partial charge in [0.25, 0.3) is 0 Å². The summed E-state index contributed by atoms with van der Waals surface area (Å²) in [6, 6.07) is -0.537. The molecule has 0 aliphatic carbocycles. The zero-order valence-electron chi connectivity index (χ0n) is 62.6. The summed E-state index contributed by atoms with van der Waals surface area (Å²) in [5.74, 6) is 0.00485. The van der Waals surface area contributed by atoms with E-state index >= 15 is 0 Å². The van der Waals surface area contributed by atoms with Crippen molar-refractivity contribution in [2.45, 2.75) is 520 Å². The van der Waals surface area contributed by atoms with E-state index in [9.17, 15) is 19.8 Å². The fourth-order valence-electron chi connectivity index (χ4n) is 14.2. The van der Waals surface area contributed by atoms with E-state index in [4.69, 9.17) is 4.74 Å². The van der Waals surface area contributed by atoms with Gasteiger partial charge in [0.15, 0.2) is 0 Å². The van der Waals surface area contributed by atoms with E-state index < -0.39 is 12.1 Å². The van der Waals surface area contributed by atoms with Gasteiger partial charge >= 0.3 is 5.97 Å². The number of hydrogen-bond donors (Lipinski definition) is 3. The molecule has 2 atom stereocenters. The van der Waals surface area contributed by atoms with Crippen molar-refractivity contribution in [1.82, 2.24) is 5.32 Å². The van der Waals surface area contributed by atoms with Crippen molar-refractivity contribution in [1.29, 1.82) is 0 Å². The van der Waals surface area contributed by atoms with Crippen LogP contribution in [0, 0.1) is 0 Å². The second-order valence-corrected chi connectivity index (χ2v) is 29.9. The van der Waals surface area contributed by atoms with E-state index in [-0.39, 0.29) is 18.5 Å². The molecule has 0 saturated carbocycles. The van der Waals surface area contributed by atoms with Crippen LogP contribution in [0.1, 0.15) is 508 Å². The Kier molecular flexibility index (Phi) is 80.3. The Hall–Kier alpha value is -1.14. The molecule has 0 rings (SSSR count). The molecular formula is C85H169NO5. The zero-order valence-corrected chi connectivity index (χ0v) is 62.6. The lowest BCUT2D eigenvalue weighted by Crippen LogP contribution is -2.45. The molecule has 0 heterocycles. The molecule has 6 nitrogen and oxygen atoms in total. The van der Waals surface area contributed by atoms with Crippen LogP contribution in [0.4, 0.5) is 0 Å². The van der Waals surface area contributed by atoms with Crippen molar-refractivity contribution in [2.24, 2.45) is 0 Å². The number of carbonyl (C=O) groups is 2. The Morgan fingerprint density at radius 3 is 0.670 bits per heavy atom. The first kappa shape index (κ1) is 89.9. The first-order chi connectivity index (χ1) is 45.0. The van der Waals surface area contributed by atoms with Gasteiger partial charge in [-0.25, -0.2) is 0 Å². The highest BCUT2D eigenvalue weighted by molar-refractivity contribution is 5.76. The van der Waals surface area contributed by atoms with Crippen molar-refractivity contribution in [2.75, 3.05) is 13.2 Å². The standard InChI is InChI=1S/C85H169NO5/c1-3-5-7-9-11-13-15-17-18-19-20-21-41-44-47-50-54-57-61-65-69-73-77-83(88)82(81-87)86-84(89)78-74-70-66-62-58-55-51-48-45-42-39-37-35-33-31-29-27-25-23-22-24-26-28-30-32-34-36-38-40-43-46-49-52-56-60-64-68-72-76-80-91-85(90)79-75-71-67-63-59-53-16-14-12-10-8-6-4-2/h82-83,87-88H,3-81H2,1-2H3,(H,86,89). The largest absolute Gasteiger partial charge is 0.466 e. The van der Waals surface area contributed by atoms with Crippen LogP contribution in [-0.2, 0) is 14.3 Å². The van der Waals surface area contributed by atoms with E-state index in [1.165, 1.54) is 437 Å². The number of unbranched alkanes of at least 4 members (excludes halogenated alkanes) is 71. The number of hydrogen-bond acceptors (Lipinski definition) is 5. The lowest BCUT2D eigenvalue weighted by Gasteiger charge is -2.22. The number of rotatable bonds is 82. The zero-order chi connectivity index (χ0) is 65.6. The summed E-state index contributed by atoms with van der Waals surface area (Å²) >= 11 is 0. The summed E-state index contributed by atoms with van der Waals surface area (Å²) in [5, 5.41) is 23.5. The molecule has 544 valence electrons. The molecule has 0 aromatic rings. The van der Waals surface area contributed by atoms with E-state index in [1.54, 1.807) is 0 Å². The van der Waals surface area contributed by atoms with Crippen molar-refractivity contribution < 1.29 is 24.5 Å². The van der Waals surface area contributed by atoms with E-state index in [2.05, 4.69) is 19.2 Å². The third kappa shape index (κ3) is 77.7. The molecule has 3 N–H and O–H groups in total. The summed E-state index contributed by atoms with van der Waals surface area (Å²) in [4.78, 5) is 24.6. The molecule has 0 aromatic heterocycles. The Balaban J connectivity index is 3.29. The van der Waals surface area contributed by atoms with Gasteiger partial charge in [-0.1, -0.05) is 470 Å². The molecule has 6 heteroatoms. The van der Waals surface area contributed by atoms with Gasteiger partial charge in [0, 0.05) is 12.8 Å². The number of amides is 1. The van der Waals surface area contributed by atoms with Crippen molar-refractivity contribution in [3.63, 3.8) is 0 Å². The Bertz CT molecular complexity index is 1340. The minimum Gasteiger partial charge on any atom is -0.466 e. The van der Waals surface area contributed by atoms with Gasteiger partial charge in [-0.2, -0.15) is 0 Å². The van der Waals surface area contributed by atoms with E-state index in [1.807, 2.05) is 0 Å². The minimum atomic E-state index is -0.660. The lowest BCUT2D eigenvalue weighted by molar-refractivity contribution is -0.143. The van der Waals surface area contributed by atoms with Crippen LogP contribution in [0.25, 0.3) is 0 Å². The Labute approximate surface area is 572 Å². The molecule has 0 aliphatic rings. The molecule has 0 saturated heterocycles. The van der Waals surface area contributed by atoms with Gasteiger partial charge in [-0.3, -0.25) is 9.59 Å². The van der Waals surface area contributed by atoms with Crippen LogP contribution in [0.3, 0.4) is 0 Å². The van der Waals surface area contributed by atoms with Crippen LogP contribution >= 0.6 is 0 Å². The molecule has 1 amide bonds. The monoisotopic (exact) mass is 1280 g/mol. The van der Waals surface area contributed by atoms with Crippen molar-refractivity contribution >= 4 is 11.9 Å². The number of nitrogens with one attached hydrogen (secondary N) is 1. The maximum absolute atomic E-state index is 12.6. The molecule has 0 aliphatic heterocycles. The quantitative estimate of drug-likeness (QED) is 0.0417. The number of aliphatic hydroxyl groups is 2. The van der Waals surface area contributed by atoms with Crippen LogP contribution in [0.15, 0.2) is 0 Å². The number of aliphatic hydroxyl groups excluding tert-OH is 2. The smallest absolute Gasteiger partial charge is 0.305 e. The topological polar surface area (TPSA) is 95.9 Å². The Morgan fingerprint density at radius 2 is 0.451 bits per heavy atom. The summed E-state index contributed by atoms with van der Waals surface area (Å²) < 4.78 is 5.50. The molecule has 91 heavy (non-hydrogen) atoms. The highest BCUT2D eigenvalue weighted by atomic mass is 16.5. The summed E-state index contributed by atoms with van der Waals surface area (Å²) in [6.07, 6.45) is 102. The van der Waals surface area contributed by atoms with Crippen LogP contribution in [0.2, 0.25) is 0 Å². The average Bonchev–Trinajstić information content (AvgIpc) is 3.75. The molecule has 0 bridgehead atoms. The van der Waals surface area contributed by atoms with Crippen LogP contribution in [0.5, 0.6) is 0 Å². The molecular weight excluding hydrogens is 1110 g/mol. The highest BCUT2D eigenvalue weighted by Gasteiger charge is 2.20. The molecule has 2 unspecified atom stereocenters. The summed E-state index contributed by atoms with van der Waals surface area (Å²) in [5.41, 5.74) is 0. The molecule has 0 aromatic carbocycles. The van der Waals surface area contributed by atoms with E-state index in [0.717, 1.165) is 38.5 Å².